The summed E-state index contributed by atoms with van der Waals surface area (Å²) in [4.78, 5) is 26.7. The van der Waals surface area contributed by atoms with Gasteiger partial charge in [-0.3, -0.25) is 14.7 Å². The van der Waals surface area contributed by atoms with Crippen molar-refractivity contribution in [3.8, 4) is 17.2 Å². The van der Waals surface area contributed by atoms with Gasteiger partial charge < -0.3 is 10.6 Å². The van der Waals surface area contributed by atoms with Crippen LogP contribution < -0.4 is 10.6 Å². The molecule has 1 unspecified atom stereocenters. The van der Waals surface area contributed by atoms with Crippen LogP contribution in [0.2, 0.25) is 0 Å². The Hall–Kier alpha value is -3.93. The topological polar surface area (TPSA) is 128 Å². The Labute approximate surface area is 203 Å². The zero-order chi connectivity index (χ0) is 24.5. The lowest BCUT2D eigenvalue weighted by atomic mass is 9.88. The summed E-state index contributed by atoms with van der Waals surface area (Å²) in [7, 11) is 0. The molecule has 0 bridgehead atoms. The maximum absolute atomic E-state index is 13.5. The largest absolute Gasteiger partial charge is 0.339 e. The first kappa shape index (κ1) is 22.8. The van der Waals surface area contributed by atoms with Crippen LogP contribution in [0.4, 0.5) is 5.69 Å². The molecule has 1 atom stereocenters. The average Bonchev–Trinajstić information content (AvgIpc) is 3.77. The minimum Gasteiger partial charge on any atom is -0.339 e. The van der Waals surface area contributed by atoms with E-state index in [2.05, 4.69) is 25.9 Å². The van der Waals surface area contributed by atoms with E-state index in [1.807, 2.05) is 44.2 Å². The molecule has 0 radical (unpaired) electrons. The van der Waals surface area contributed by atoms with Gasteiger partial charge in [0.05, 0.1) is 11.8 Å². The molecule has 9 nitrogen and oxygen atoms in total. The number of aryl methyl sites for hydroxylation is 2. The first-order valence-corrected chi connectivity index (χ1v) is 12.1. The Morgan fingerprint density at radius 2 is 1.83 bits per heavy atom. The van der Waals surface area contributed by atoms with E-state index in [-0.39, 0.29) is 30.0 Å². The number of benzene rings is 1. The highest BCUT2D eigenvalue weighted by Crippen LogP contribution is 2.51. The van der Waals surface area contributed by atoms with Gasteiger partial charge in [0.25, 0.3) is 5.91 Å². The van der Waals surface area contributed by atoms with Crippen molar-refractivity contribution in [2.24, 2.45) is 17.8 Å². The second kappa shape index (κ2) is 9.37. The van der Waals surface area contributed by atoms with E-state index in [4.69, 9.17) is 5.26 Å². The maximum Gasteiger partial charge on any atom is 0.270 e. The van der Waals surface area contributed by atoms with Gasteiger partial charge in [-0.15, -0.1) is 0 Å². The van der Waals surface area contributed by atoms with Gasteiger partial charge in [-0.2, -0.15) is 15.5 Å². The number of nitrogens with zero attached hydrogens (tertiary/aromatic N) is 4. The predicted octanol–water partition coefficient (Wildman–Crippen LogP) is 3.59. The molecule has 9 heteroatoms. The van der Waals surface area contributed by atoms with Gasteiger partial charge in [-0.05, 0) is 81.0 Å². The smallest absolute Gasteiger partial charge is 0.270 e. The highest BCUT2D eigenvalue weighted by atomic mass is 16.2. The number of hydrogen-bond acceptors (Lipinski definition) is 5. The number of H-pyrrole nitrogens is 1. The summed E-state index contributed by atoms with van der Waals surface area (Å²) in [6.07, 6.45) is 5.85. The molecular weight excluding hydrogens is 442 g/mol. The fourth-order valence-electron chi connectivity index (χ4n) is 5.08. The van der Waals surface area contributed by atoms with Crippen molar-refractivity contribution in [1.29, 1.82) is 5.26 Å². The molecule has 35 heavy (non-hydrogen) atoms. The normalized spacial score (nSPS) is 16.1. The zero-order valence-electron chi connectivity index (χ0n) is 19.9. The van der Waals surface area contributed by atoms with Crippen molar-refractivity contribution in [3.05, 3.63) is 53.6 Å². The number of aromatic amines is 1. The number of hydrogen-bond donors (Lipinski definition) is 3. The second-order valence-corrected chi connectivity index (χ2v) is 9.61. The van der Waals surface area contributed by atoms with Crippen LogP contribution in [-0.4, -0.2) is 37.8 Å². The average molecular weight is 472 g/mol. The third-order valence-corrected chi connectivity index (χ3v) is 7.03. The van der Waals surface area contributed by atoms with Crippen LogP contribution in [0.1, 0.15) is 47.6 Å². The van der Waals surface area contributed by atoms with Crippen LogP contribution in [0.15, 0.2) is 36.5 Å². The van der Waals surface area contributed by atoms with Gasteiger partial charge >= 0.3 is 0 Å². The van der Waals surface area contributed by atoms with Crippen molar-refractivity contribution >= 4 is 17.5 Å². The Bertz CT molecular complexity index is 1240. The second-order valence-electron chi connectivity index (χ2n) is 9.61. The Morgan fingerprint density at radius 1 is 1.14 bits per heavy atom. The number of anilines is 1. The number of nitriles is 1. The molecule has 2 amide bonds. The van der Waals surface area contributed by atoms with Crippen LogP contribution >= 0.6 is 0 Å². The standard InChI is InChI=1S/C26H29N7O2/c1-15-22(16(2)32-31-15)17-7-9-20(10-8-17)29-26(35)24(23(18-3-4-18)19-5-6-19)30-25(34)21-11-13-28-33(21)14-12-27/h7-11,13,18-19,23-24H,3-6,14H2,1-2H3,(H,29,35)(H,30,34)(H,31,32). The van der Waals surface area contributed by atoms with Gasteiger partial charge in [-0.25, -0.2) is 4.68 Å². The summed E-state index contributed by atoms with van der Waals surface area (Å²) >= 11 is 0. The van der Waals surface area contributed by atoms with E-state index in [1.165, 1.54) is 10.9 Å². The summed E-state index contributed by atoms with van der Waals surface area (Å²) in [5, 5.41) is 26.4. The molecule has 1 aromatic carbocycles. The zero-order valence-corrected chi connectivity index (χ0v) is 19.9. The lowest BCUT2D eigenvalue weighted by molar-refractivity contribution is -0.119. The summed E-state index contributed by atoms with van der Waals surface area (Å²) in [5.74, 6) is 0.429. The fourth-order valence-corrected chi connectivity index (χ4v) is 5.08. The first-order chi connectivity index (χ1) is 17.0. The molecule has 2 heterocycles. The van der Waals surface area contributed by atoms with Crippen molar-refractivity contribution < 1.29 is 9.59 Å². The van der Waals surface area contributed by atoms with Crippen LogP contribution in [0, 0.1) is 42.9 Å². The van der Waals surface area contributed by atoms with Crippen LogP contribution in [-0.2, 0) is 11.3 Å². The van der Waals surface area contributed by atoms with Gasteiger partial charge in [0.1, 0.15) is 18.3 Å². The summed E-state index contributed by atoms with van der Waals surface area (Å²) < 4.78 is 1.35. The van der Waals surface area contributed by atoms with E-state index in [1.54, 1.807) is 6.07 Å². The molecule has 2 aliphatic rings. The van der Waals surface area contributed by atoms with Gasteiger partial charge in [-0.1, -0.05) is 12.1 Å². The Balaban J connectivity index is 1.36. The Kier molecular flexibility index (Phi) is 6.12. The third-order valence-electron chi connectivity index (χ3n) is 7.03. The Morgan fingerprint density at radius 3 is 2.40 bits per heavy atom. The van der Waals surface area contributed by atoms with E-state index in [0.717, 1.165) is 48.2 Å². The van der Waals surface area contributed by atoms with E-state index < -0.39 is 6.04 Å². The molecule has 0 saturated heterocycles. The minimum atomic E-state index is -0.647. The number of amides is 2. The number of aromatic nitrogens is 4. The molecule has 3 aromatic rings. The van der Waals surface area contributed by atoms with Crippen molar-refractivity contribution in [2.45, 2.75) is 52.1 Å². The first-order valence-electron chi connectivity index (χ1n) is 12.1. The number of rotatable bonds is 9. The van der Waals surface area contributed by atoms with Gasteiger partial charge in [0, 0.05) is 23.1 Å². The fraction of sp³-hybridized carbons (Fsp3) is 0.423. The maximum atomic E-state index is 13.5. The van der Waals surface area contributed by atoms with E-state index >= 15 is 0 Å². The van der Waals surface area contributed by atoms with Crippen LogP contribution in [0.3, 0.4) is 0 Å². The lowest BCUT2D eigenvalue weighted by Gasteiger charge is -2.27. The molecule has 180 valence electrons. The number of carbonyl (C=O) groups excluding carboxylic acids is 2. The molecular formula is C26H29N7O2. The monoisotopic (exact) mass is 471 g/mol. The number of nitrogens with one attached hydrogen (secondary N) is 3. The summed E-state index contributed by atoms with van der Waals surface area (Å²) in [5.41, 5.74) is 4.96. The lowest BCUT2D eigenvalue weighted by Crippen LogP contribution is -2.50. The molecule has 2 saturated carbocycles. The summed E-state index contributed by atoms with van der Waals surface area (Å²) in [6.45, 7) is 3.92. The van der Waals surface area contributed by atoms with Crippen molar-refractivity contribution in [2.75, 3.05) is 5.32 Å². The van der Waals surface area contributed by atoms with E-state index in [9.17, 15) is 9.59 Å². The molecule has 5 rings (SSSR count). The SMILES string of the molecule is Cc1n[nH]c(C)c1-c1ccc(NC(=O)C(NC(=O)c2ccnn2CC#N)C(C2CC2)C2CC2)cc1. The molecule has 3 N–H and O–H groups in total. The van der Waals surface area contributed by atoms with Crippen LogP contribution in [0.5, 0.6) is 0 Å². The summed E-state index contributed by atoms with van der Waals surface area (Å²) in [6, 6.07) is 10.6. The molecule has 2 aliphatic carbocycles. The molecule has 2 aromatic heterocycles. The molecule has 0 aliphatic heterocycles. The van der Waals surface area contributed by atoms with Crippen molar-refractivity contribution in [1.82, 2.24) is 25.3 Å². The molecule has 2 fully saturated rings. The van der Waals surface area contributed by atoms with Crippen LogP contribution in [0.25, 0.3) is 11.1 Å². The number of carbonyl (C=O) groups is 2. The highest BCUT2D eigenvalue weighted by Gasteiger charge is 2.48. The highest BCUT2D eigenvalue weighted by molar-refractivity contribution is 6.01. The van der Waals surface area contributed by atoms with Gasteiger partial charge in [0.15, 0.2) is 0 Å². The van der Waals surface area contributed by atoms with Crippen molar-refractivity contribution in [3.63, 3.8) is 0 Å². The van der Waals surface area contributed by atoms with E-state index in [0.29, 0.717) is 17.5 Å². The third kappa shape index (κ3) is 4.83. The van der Waals surface area contributed by atoms with Gasteiger partial charge in [0.2, 0.25) is 5.91 Å². The minimum absolute atomic E-state index is 0.0245. The quantitative estimate of drug-likeness (QED) is 0.439. The predicted molar refractivity (Wildman–Crippen MR) is 130 cm³/mol. The molecule has 0 spiro atoms.